The van der Waals surface area contributed by atoms with Crippen molar-refractivity contribution in [3.05, 3.63) is 69.9 Å². The lowest BCUT2D eigenvalue weighted by Gasteiger charge is -2.14. The largest absolute Gasteiger partial charge is 0.504 e. The molecule has 23 heavy (non-hydrogen) atoms. The molecule has 0 aliphatic carbocycles. The van der Waals surface area contributed by atoms with Crippen LogP contribution in [-0.2, 0) is 0 Å². The Hall–Kier alpha value is -3.02. The maximum Gasteiger partial charge on any atom is 0.214 e. The number of ether oxygens (including phenoxy) is 1. The van der Waals surface area contributed by atoms with Gasteiger partial charge in [0.05, 0.1) is 13.0 Å². The molecule has 2 N–H and O–H groups in total. The van der Waals surface area contributed by atoms with Crippen LogP contribution in [0, 0.1) is 10.1 Å². The predicted octanol–water partition coefficient (Wildman–Crippen LogP) is 3.29. The zero-order chi connectivity index (χ0) is 16.4. The Balaban J connectivity index is 2.13. The van der Waals surface area contributed by atoms with E-state index in [0.29, 0.717) is 5.75 Å². The van der Waals surface area contributed by atoms with Gasteiger partial charge in [0.25, 0.3) is 0 Å². The molecule has 0 spiro atoms. The molecule has 0 amide bonds. The van der Waals surface area contributed by atoms with Gasteiger partial charge in [-0.1, -0.05) is 24.3 Å². The minimum absolute atomic E-state index is 0.00929. The third kappa shape index (κ3) is 2.83. The Morgan fingerprint density at radius 1 is 1.30 bits per heavy atom. The van der Waals surface area contributed by atoms with Crippen LogP contribution >= 0.6 is 0 Å². The summed E-state index contributed by atoms with van der Waals surface area (Å²) in [6.45, 7) is -0.240. The topological polar surface area (TPSA) is 88.4 Å². The van der Waals surface area contributed by atoms with E-state index in [1.165, 1.54) is 13.2 Å². The van der Waals surface area contributed by atoms with Crippen molar-refractivity contribution < 1.29 is 14.8 Å². The van der Waals surface area contributed by atoms with E-state index in [-0.39, 0.29) is 17.2 Å². The summed E-state index contributed by atoms with van der Waals surface area (Å²) in [4.78, 5) is 14.0. The number of H-pyrrole nitrogens is 1. The van der Waals surface area contributed by atoms with Gasteiger partial charge in [-0.2, -0.15) is 0 Å². The molecule has 0 radical (unpaired) electrons. The first kappa shape index (κ1) is 14.9. The van der Waals surface area contributed by atoms with Crippen LogP contribution in [0.4, 0.5) is 0 Å². The number of hydrogen-bond acceptors (Lipinski definition) is 4. The predicted molar refractivity (Wildman–Crippen MR) is 86.7 cm³/mol. The van der Waals surface area contributed by atoms with E-state index in [9.17, 15) is 15.2 Å². The highest BCUT2D eigenvalue weighted by atomic mass is 16.6. The van der Waals surface area contributed by atoms with E-state index in [1.54, 1.807) is 18.3 Å². The Kier molecular flexibility index (Phi) is 3.89. The number of aromatic hydroxyl groups is 1. The molecule has 0 aliphatic heterocycles. The van der Waals surface area contributed by atoms with Gasteiger partial charge in [0.1, 0.15) is 0 Å². The lowest BCUT2D eigenvalue weighted by atomic mass is 9.91. The molecule has 1 heterocycles. The van der Waals surface area contributed by atoms with Crippen molar-refractivity contribution in [2.45, 2.75) is 5.92 Å². The van der Waals surface area contributed by atoms with Crippen molar-refractivity contribution in [2.24, 2.45) is 0 Å². The Morgan fingerprint density at radius 3 is 2.83 bits per heavy atom. The minimum Gasteiger partial charge on any atom is -0.504 e. The van der Waals surface area contributed by atoms with Crippen molar-refractivity contribution in [3.63, 3.8) is 0 Å². The number of methoxy groups -OCH3 is 1. The minimum atomic E-state index is -0.435. The molecule has 3 rings (SSSR count). The molecule has 6 nitrogen and oxygen atoms in total. The Labute approximate surface area is 132 Å². The lowest BCUT2D eigenvalue weighted by Crippen LogP contribution is -2.13. The Bertz CT molecular complexity index is 857. The number of nitro groups is 1. The number of rotatable bonds is 5. The van der Waals surface area contributed by atoms with Gasteiger partial charge in [-0.15, -0.1) is 0 Å². The molecule has 2 aromatic carbocycles. The van der Waals surface area contributed by atoms with Crippen LogP contribution in [0.15, 0.2) is 48.7 Å². The summed E-state index contributed by atoms with van der Waals surface area (Å²) in [6.07, 6.45) is 1.80. The summed E-state index contributed by atoms with van der Waals surface area (Å²) in [6, 6.07) is 12.5. The van der Waals surface area contributed by atoms with Crippen LogP contribution in [0.5, 0.6) is 11.5 Å². The van der Waals surface area contributed by atoms with E-state index in [4.69, 9.17) is 4.74 Å². The highest BCUT2D eigenvalue weighted by Gasteiger charge is 2.24. The number of aromatic nitrogens is 1. The van der Waals surface area contributed by atoms with Gasteiger partial charge in [-0.25, -0.2) is 0 Å². The molecule has 0 aliphatic rings. The number of fused-ring (bicyclic) bond motifs is 1. The van der Waals surface area contributed by atoms with Crippen molar-refractivity contribution in [2.75, 3.05) is 13.7 Å². The number of benzene rings is 2. The number of phenolic OH excluding ortho intramolecular Hbond substituents is 1. The highest BCUT2D eigenvalue weighted by Crippen LogP contribution is 2.35. The summed E-state index contributed by atoms with van der Waals surface area (Å²) >= 11 is 0. The first-order valence-electron chi connectivity index (χ1n) is 7.15. The second-order valence-electron chi connectivity index (χ2n) is 5.29. The number of hydrogen-bond donors (Lipinski definition) is 2. The maximum atomic E-state index is 11.2. The molecule has 0 fully saturated rings. The first-order valence-corrected chi connectivity index (χ1v) is 7.15. The van der Waals surface area contributed by atoms with Gasteiger partial charge in [-0.3, -0.25) is 10.1 Å². The van der Waals surface area contributed by atoms with Gasteiger partial charge in [-0.05, 0) is 29.3 Å². The zero-order valence-electron chi connectivity index (χ0n) is 12.5. The summed E-state index contributed by atoms with van der Waals surface area (Å²) in [5.41, 5.74) is 2.51. The van der Waals surface area contributed by atoms with Gasteiger partial charge < -0.3 is 14.8 Å². The summed E-state index contributed by atoms with van der Waals surface area (Å²) in [5.74, 6) is -0.124. The van der Waals surface area contributed by atoms with Crippen LogP contribution in [0.2, 0.25) is 0 Å². The summed E-state index contributed by atoms with van der Waals surface area (Å²) in [5, 5.41) is 21.8. The second-order valence-corrected chi connectivity index (χ2v) is 5.29. The van der Waals surface area contributed by atoms with E-state index < -0.39 is 5.92 Å². The molecule has 3 aromatic rings. The Morgan fingerprint density at radius 2 is 2.09 bits per heavy atom. The van der Waals surface area contributed by atoms with Gasteiger partial charge >= 0.3 is 0 Å². The lowest BCUT2D eigenvalue weighted by molar-refractivity contribution is -0.481. The van der Waals surface area contributed by atoms with E-state index in [0.717, 1.165) is 22.0 Å². The van der Waals surface area contributed by atoms with Gasteiger partial charge in [0, 0.05) is 22.0 Å². The van der Waals surface area contributed by atoms with E-state index in [1.807, 2.05) is 24.3 Å². The van der Waals surface area contributed by atoms with Crippen LogP contribution in [-0.4, -0.2) is 28.7 Å². The van der Waals surface area contributed by atoms with Crippen LogP contribution < -0.4 is 4.74 Å². The van der Waals surface area contributed by atoms with Gasteiger partial charge in [0.2, 0.25) is 6.54 Å². The molecular weight excluding hydrogens is 296 g/mol. The summed E-state index contributed by atoms with van der Waals surface area (Å²) < 4.78 is 5.12. The first-order chi connectivity index (χ1) is 11.1. The zero-order valence-corrected chi connectivity index (χ0v) is 12.5. The van der Waals surface area contributed by atoms with Crippen molar-refractivity contribution in [1.82, 2.24) is 4.98 Å². The maximum absolute atomic E-state index is 11.2. The average Bonchev–Trinajstić information content (AvgIpc) is 2.97. The fraction of sp³-hybridized carbons (Fsp3) is 0.176. The number of para-hydroxylation sites is 1. The molecule has 6 heteroatoms. The van der Waals surface area contributed by atoms with Crippen LogP contribution in [0.3, 0.4) is 0 Å². The molecular formula is C17H16N2O4. The normalized spacial score (nSPS) is 12.2. The standard InChI is InChI=1S/C17H16N2O4/c1-23-17-8-11(6-7-16(17)20)14(10-19(21)22)13-9-18-15-5-3-2-4-12(13)15/h2-9,14,18,20H,10H2,1H3/t14-/m0/s1. The third-order valence-corrected chi connectivity index (χ3v) is 3.93. The molecule has 1 atom stereocenters. The smallest absolute Gasteiger partial charge is 0.214 e. The van der Waals surface area contributed by atoms with Gasteiger partial charge in [0.15, 0.2) is 11.5 Å². The highest BCUT2D eigenvalue weighted by molar-refractivity contribution is 5.84. The third-order valence-electron chi connectivity index (χ3n) is 3.93. The van der Waals surface area contributed by atoms with Crippen molar-refractivity contribution in [1.29, 1.82) is 0 Å². The second kappa shape index (κ2) is 6.00. The fourth-order valence-electron chi connectivity index (χ4n) is 2.83. The molecule has 0 saturated heterocycles. The molecule has 118 valence electrons. The van der Waals surface area contributed by atoms with Crippen molar-refractivity contribution >= 4 is 10.9 Å². The molecule has 0 saturated carbocycles. The van der Waals surface area contributed by atoms with E-state index in [2.05, 4.69) is 4.98 Å². The number of nitrogens with zero attached hydrogens (tertiary/aromatic N) is 1. The molecule has 0 unspecified atom stereocenters. The number of phenols is 1. The SMILES string of the molecule is COc1cc([C@H](C[N+](=O)[O-])c2c[nH]c3ccccc23)ccc1O. The fourth-order valence-corrected chi connectivity index (χ4v) is 2.83. The molecule has 0 bridgehead atoms. The quantitative estimate of drug-likeness (QED) is 0.559. The molecule has 1 aromatic heterocycles. The van der Waals surface area contributed by atoms with E-state index >= 15 is 0 Å². The van der Waals surface area contributed by atoms with Crippen LogP contribution in [0.1, 0.15) is 17.0 Å². The average molecular weight is 312 g/mol. The number of aromatic amines is 1. The summed E-state index contributed by atoms with van der Waals surface area (Å²) in [7, 11) is 1.45. The monoisotopic (exact) mass is 312 g/mol. The van der Waals surface area contributed by atoms with Crippen molar-refractivity contribution in [3.8, 4) is 11.5 Å². The van der Waals surface area contributed by atoms with Crippen LogP contribution in [0.25, 0.3) is 10.9 Å². The number of nitrogens with one attached hydrogen (secondary N) is 1.